The maximum Gasteiger partial charge on any atom is 0.416 e. The number of carboxylic acids is 1. The van der Waals surface area contributed by atoms with Gasteiger partial charge in [0.15, 0.2) is 0 Å². The second-order valence-electron chi connectivity index (χ2n) is 6.62. The number of amides is 1. The van der Waals surface area contributed by atoms with E-state index in [1.165, 1.54) is 22.9 Å². The molecule has 0 radical (unpaired) electrons. The number of carboxylic acid groups (broad SMARTS) is 1. The molecule has 0 aliphatic carbocycles. The van der Waals surface area contributed by atoms with E-state index in [4.69, 9.17) is 0 Å². The van der Waals surface area contributed by atoms with Gasteiger partial charge in [-0.15, -0.1) is 0 Å². The van der Waals surface area contributed by atoms with E-state index in [2.05, 4.69) is 10.3 Å². The maximum absolute atomic E-state index is 13.2. The Morgan fingerprint density at radius 1 is 1.24 bits per heavy atom. The molecule has 1 aliphatic rings. The molecule has 4 rings (SSSR count). The average molecular weight is 401 g/mol. The number of benzene rings is 1. The molecular weight excluding hydrogens is 387 g/mol. The van der Waals surface area contributed by atoms with Crippen molar-refractivity contribution in [2.45, 2.75) is 18.5 Å². The van der Waals surface area contributed by atoms with Crippen LogP contribution in [0.25, 0.3) is 5.69 Å². The first-order chi connectivity index (χ1) is 13.8. The summed E-state index contributed by atoms with van der Waals surface area (Å²) in [5.74, 6) is -2.23. The fraction of sp³-hybridized carbons (Fsp3) is 0.150. The van der Waals surface area contributed by atoms with Crippen LogP contribution in [0.3, 0.4) is 0 Å². The van der Waals surface area contributed by atoms with Crippen LogP contribution in [0.2, 0.25) is 0 Å². The fourth-order valence-corrected chi connectivity index (χ4v) is 3.53. The van der Waals surface area contributed by atoms with Gasteiger partial charge in [0.25, 0.3) is 0 Å². The van der Waals surface area contributed by atoms with Crippen LogP contribution >= 0.6 is 0 Å². The zero-order valence-corrected chi connectivity index (χ0v) is 14.8. The second kappa shape index (κ2) is 6.77. The molecule has 2 N–H and O–H groups in total. The van der Waals surface area contributed by atoms with Gasteiger partial charge in [0.1, 0.15) is 5.56 Å². The van der Waals surface area contributed by atoms with Gasteiger partial charge in [-0.1, -0.05) is 12.1 Å². The number of nitrogens with zero attached hydrogens (tertiary/aromatic N) is 2. The Morgan fingerprint density at radius 3 is 2.69 bits per heavy atom. The predicted octanol–water partition coefficient (Wildman–Crippen LogP) is 4.06. The van der Waals surface area contributed by atoms with Crippen LogP contribution in [-0.4, -0.2) is 26.5 Å². The minimum Gasteiger partial charge on any atom is -0.478 e. The topological polar surface area (TPSA) is 84.2 Å². The van der Waals surface area contributed by atoms with E-state index in [0.29, 0.717) is 11.3 Å². The number of hydrogen-bond donors (Lipinski definition) is 2. The molecule has 3 aromatic rings. The van der Waals surface area contributed by atoms with Crippen LogP contribution in [0.5, 0.6) is 0 Å². The summed E-state index contributed by atoms with van der Waals surface area (Å²) in [5, 5.41) is 12.1. The number of fused-ring (bicyclic) bond motifs is 1. The summed E-state index contributed by atoms with van der Waals surface area (Å²) in [7, 11) is 0. The second-order valence-corrected chi connectivity index (χ2v) is 6.62. The van der Waals surface area contributed by atoms with E-state index in [1.807, 2.05) is 0 Å². The third-order valence-corrected chi connectivity index (χ3v) is 4.80. The van der Waals surface area contributed by atoms with Gasteiger partial charge in [-0.05, 0) is 29.8 Å². The molecule has 0 saturated heterocycles. The lowest BCUT2D eigenvalue weighted by Crippen LogP contribution is -2.25. The number of nitrogens with one attached hydrogen (secondary N) is 1. The van der Waals surface area contributed by atoms with Crippen molar-refractivity contribution in [3.05, 3.63) is 77.4 Å². The van der Waals surface area contributed by atoms with Gasteiger partial charge in [-0.2, -0.15) is 13.2 Å². The standard InChI is InChI=1S/C20H14F3N3O3/c21-20(22,23)12-4-1-5-13(7-12)26-10-15(19(28)29)17-18(26)14(8-16(27)25-17)11-3-2-6-24-9-11/h1-7,9-10,14H,8H2,(H,25,27)(H,28,29)/t14-/m0/s1. The third kappa shape index (κ3) is 3.35. The molecule has 0 unspecified atom stereocenters. The summed E-state index contributed by atoms with van der Waals surface area (Å²) in [6.45, 7) is 0. The number of carbonyl (C=O) groups is 2. The Balaban J connectivity index is 1.96. The quantitative estimate of drug-likeness (QED) is 0.693. The summed E-state index contributed by atoms with van der Waals surface area (Å²) in [4.78, 5) is 28.0. The molecule has 0 fully saturated rings. The number of halogens is 3. The van der Waals surface area contributed by atoms with Crippen molar-refractivity contribution in [3.63, 3.8) is 0 Å². The number of aromatic carboxylic acids is 1. The number of anilines is 1. The molecule has 1 atom stereocenters. The largest absolute Gasteiger partial charge is 0.478 e. The van der Waals surface area contributed by atoms with E-state index in [9.17, 15) is 27.9 Å². The van der Waals surface area contributed by atoms with Crippen LogP contribution < -0.4 is 5.32 Å². The molecule has 1 aromatic carbocycles. The minimum absolute atomic E-state index is 0.0146. The molecule has 0 bridgehead atoms. The van der Waals surface area contributed by atoms with Gasteiger partial charge in [0, 0.05) is 36.6 Å². The lowest BCUT2D eigenvalue weighted by atomic mass is 9.89. The Morgan fingerprint density at radius 2 is 2.03 bits per heavy atom. The summed E-state index contributed by atoms with van der Waals surface area (Å²) >= 11 is 0. The van der Waals surface area contributed by atoms with Crippen LogP contribution in [0.15, 0.2) is 55.0 Å². The summed E-state index contributed by atoms with van der Waals surface area (Å²) in [5.41, 5.74) is 0.237. The average Bonchev–Trinajstić information content (AvgIpc) is 3.07. The number of alkyl halides is 3. The first kappa shape index (κ1) is 18.7. The van der Waals surface area contributed by atoms with E-state index in [0.717, 1.165) is 12.1 Å². The molecule has 1 aliphatic heterocycles. The Kier molecular flexibility index (Phi) is 4.37. The van der Waals surface area contributed by atoms with Crippen molar-refractivity contribution < 1.29 is 27.9 Å². The molecule has 0 saturated carbocycles. The monoisotopic (exact) mass is 401 g/mol. The van der Waals surface area contributed by atoms with Crippen molar-refractivity contribution in [3.8, 4) is 5.69 Å². The molecule has 2 aromatic heterocycles. The zero-order valence-electron chi connectivity index (χ0n) is 14.8. The fourth-order valence-electron chi connectivity index (χ4n) is 3.53. The molecule has 29 heavy (non-hydrogen) atoms. The Bertz CT molecular complexity index is 1110. The van der Waals surface area contributed by atoms with E-state index >= 15 is 0 Å². The van der Waals surface area contributed by atoms with Gasteiger partial charge in [-0.3, -0.25) is 9.78 Å². The van der Waals surface area contributed by atoms with Gasteiger partial charge in [0.05, 0.1) is 16.9 Å². The van der Waals surface area contributed by atoms with Gasteiger partial charge < -0.3 is 15.0 Å². The summed E-state index contributed by atoms with van der Waals surface area (Å²) in [6.07, 6.45) is -0.188. The highest BCUT2D eigenvalue weighted by molar-refractivity contribution is 6.04. The SMILES string of the molecule is O=C1C[C@@H](c2cccnc2)c2c(c(C(=O)O)cn2-c2cccc(C(F)(F)F)c2)N1. The number of rotatable bonds is 3. The van der Waals surface area contributed by atoms with E-state index < -0.39 is 23.6 Å². The molecule has 0 spiro atoms. The van der Waals surface area contributed by atoms with Gasteiger partial charge in [-0.25, -0.2) is 4.79 Å². The first-order valence-corrected chi connectivity index (χ1v) is 8.61. The number of aromatic nitrogens is 2. The highest BCUT2D eigenvalue weighted by Gasteiger charge is 2.35. The molecular formula is C20H14F3N3O3. The normalized spacial score (nSPS) is 16.2. The first-order valence-electron chi connectivity index (χ1n) is 8.61. The van der Waals surface area contributed by atoms with E-state index in [-0.39, 0.29) is 29.3 Å². The zero-order chi connectivity index (χ0) is 20.8. The Labute approximate surface area is 162 Å². The lowest BCUT2D eigenvalue weighted by molar-refractivity contribution is -0.137. The van der Waals surface area contributed by atoms with Crippen LogP contribution in [0, 0.1) is 0 Å². The summed E-state index contributed by atoms with van der Waals surface area (Å²) in [6, 6.07) is 8.02. The van der Waals surface area contributed by atoms with Crippen molar-refractivity contribution in [2.75, 3.05) is 5.32 Å². The van der Waals surface area contributed by atoms with E-state index in [1.54, 1.807) is 24.5 Å². The van der Waals surface area contributed by atoms with Crippen LogP contribution in [0.1, 0.15) is 39.5 Å². The number of carbonyl (C=O) groups excluding carboxylic acids is 1. The number of pyridine rings is 1. The van der Waals surface area contributed by atoms with Gasteiger partial charge in [0.2, 0.25) is 5.91 Å². The van der Waals surface area contributed by atoms with Crippen LogP contribution in [-0.2, 0) is 11.0 Å². The predicted molar refractivity (Wildman–Crippen MR) is 97.1 cm³/mol. The van der Waals surface area contributed by atoms with Crippen molar-refractivity contribution in [1.29, 1.82) is 0 Å². The van der Waals surface area contributed by atoms with Crippen molar-refractivity contribution in [2.24, 2.45) is 0 Å². The Hall–Kier alpha value is -3.62. The molecule has 148 valence electrons. The molecule has 9 heteroatoms. The van der Waals surface area contributed by atoms with Crippen molar-refractivity contribution in [1.82, 2.24) is 9.55 Å². The van der Waals surface area contributed by atoms with Crippen molar-refractivity contribution >= 4 is 17.6 Å². The molecule has 3 heterocycles. The number of hydrogen-bond acceptors (Lipinski definition) is 3. The molecule has 6 nitrogen and oxygen atoms in total. The lowest BCUT2D eigenvalue weighted by Gasteiger charge is -2.26. The third-order valence-electron chi connectivity index (χ3n) is 4.80. The smallest absolute Gasteiger partial charge is 0.416 e. The van der Waals surface area contributed by atoms with Crippen LogP contribution in [0.4, 0.5) is 18.9 Å². The highest BCUT2D eigenvalue weighted by Crippen LogP contribution is 2.42. The highest BCUT2D eigenvalue weighted by atomic mass is 19.4. The summed E-state index contributed by atoms with van der Waals surface area (Å²) < 4.78 is 40.9. The maximum atomic E-state index is 13.2. The minimum atomic E-state index is -4.55. The van der Waals surface area contributed by atoms with Gasteiger partial charge >= 0.3 is 12.1 Å². The molecule has 1 amide bonds.